The van der Waals surface area contributed by atoms with Crippen molar-refractivity contribution in [2.45, 2.75) is 0 Å². The maximum atomic E-state index is 2.51. The van der Waals surface area contributed by atoms with Gasteiger partial charge in [-0.3, -0.25) is 0 Å². The van der Waals surface area contributed by atoms with Gasteiger partial charge in [0.05, 0.1) is 11.0 Å². The molecule has 1 heteroatoms. The quantitative estimate of drug-likeness (QED) is 0.198. The van der Waals surface area contributed by atoms with Crippen LogP contribution in [0.3, 0.4) is 0 Å². The van der Waals surface area contributed by atoms with E-state index >= 15 is 0 Å². The molecule has 0 aliphatic heterocycles. The summed E-state index contributed by atoms with van der Waals surface area (Å²) in [7, 11) is 0. The number of aromatic nitrogens is 1. The molecule has 1 nitrogen and oxygen atoms in total. The molecule has 0 N–H and O–H groups in total. The van der Waals surface area contributed by atoms with Gasteiger partial charge in [0, 0.05) is 27.2 Å². The molecule has 0 bridgehead atoms. The van der Waals surface area contributed by atoms with Crippen LogP contribution in [0, 0.1) is 0 Å². The SMILES string of the molecule is c1ccc(-c2ccc(-n3c4c5ccccc5c(-c5ccccc5)cc4c4cc(-c5ccccc5)c5ccccc5c43)cc2)cc1. The topological polar surface area (TPSA) is 4.93 Å². The Hall–Kier alpha value is -5.92. The van der Waals surface area contributed by atoms with E-state index in [0.29, 0.717) is 0 Å². The van der Waals surface area contributed by atoms with E-state index in [9.17, 15) is 0 Å². The van der Waals surface area contributed by atoms with Gasteiger partial charge in [-0.25, -0.2) is 0 Å². The van der Waals surface area contributed by atoms with Crippen LogP contribution < -0.4 is 0 Å². The van der Waals surface area contributed by atoms with Gasteiger partial charge >= 0.3 is 0 Å². The Bertz CT molecular complexity index is 2350. The van der Waals surface area contributed by atoms with Gasteiger partial charge in [0.25, 0.3) is 0 Å². The summed E-state index contributed by atoms with van der Waals surface area (Å²) in [5, 5.41) is 7.54. The lowest BCUT2D eigenvalue weighted by molar-refractivity contribution is 1.19. The van der Waals surface area contributed by atoms with E-state index in [-0.39, 0.29) is 0 Å². The summed E-state index contributed by atoms with van der Waals surface area (Å²) in [6, 6.07) is 63.9. The first-order valence-electron chi connectivity index (χ1n) is 15.5. The van der Waals surface area contributed by atoms with Gasteiger partial charge in [-0.05, 0) is 68.4 Å². The highest BCUT2D eigenvalue weighted by atomic mass is 15.0. The van der Waals surface area contributed by atoms with E-state index in [0.717, 1.165) is 5.69 Å². The van der Waals surface area contributed by atoms with Gasteiger partial charge in [-0.1, -0.05) is 152 Å². The minimum atomic E-state index is 1.16. The molecule has 0 saturated heterocycles. The van der Waals surface area contributed by atoms with Crippen molar-refractivity contribution in [2.75, 3.05) is 0 Å². The third kappa shape index (κ3) is 4.09. The number of hydrogen-bond acceptors (Lipinski definition) is 0. The summed E-state index contributed by atoms with van der Waals surface area (Å²) >= 11 is 0. The normalized spacial score (nSPS) is 11.6. The molecule has 0 amide bonds. The van der Waals surface area contributed by atoms with Crippen LogP contribution in [0.1, 0.15) is 0 Å². The number of rotatable bonds is 4. The fourth-order valence-corrected chi connectivity index (χ4v) is 7.13. The van der Waals surface area contributed by atoms with E-state index in [4.69, 9.17) is 0 Å². The van der Waals surface area contributed by atoms with E-state index < -0.39 is 0 Å². The number of fused-ring (bicyclic) bond motifs is 7. The minimum Gasteiger partial charge on any atom is -0.308 e. The third-order valence-corrected chi connectivity index (χ3v) is 9.17. The highest BCUT2D eigenvalue weighted by molar-refractivity contribution is 6.27. The second-order valence-electron chi connectivity index (χ2n) is 11.7. The summed E-state index contributed by atoms with van der Waals surface area (Å²) in [5.74, 6) is 0. The molecule has 0 spiro atoms. The van der Waals surface area contributed by atoms with Crippen LogP contribution in [0.2, 0.25) is 0 Å². The first-order chi connectivity index (χ1) is 22.3. The Balaban J connectivity index is 1.46. The first kappa shape index (κ1) is 25.6. The average Bonchev–Trinajstić information content (AvgIpc) is 3.47. The number of nitrogens with zero attached hydrogens (tertiary/aromatic N) is 1. The average molecular weight is 572 g/mol. The van der Waals surface area contributed by atoms with Crippen molar-refractivity contribution in [3.63, 3.8) is 0 Å². The second-order valence-corrected chi connectivity index (χ2v) is 11.7. The van der Waals surface area contributed by atoms with Crippen molar-refractivity contribution in [2.24, 2.45) is 0 Å². The zero-order chi connectivity index (χ0) is 29.7. The second kappa shape index (κ2) is 10.4. The monoisotopic (exact) mass is 571 g/mol. The van der Waals surface area contributed by atoms with Gasteiger partial charge in [0.1, 0.15) is 0 Å². The summed E-state index contributed by atoms with van der Waals surface area (Å²) in [6.07, 6.45) is 0. The molecule has 8 aromatic carbocycles. The molecule has 0 aliphatic carbocycles. The van der Waals surface area contributed by atoms with Crippen molar-refractivity contribution in [3.05, 3.63) is 176 Å². The number of hydrogen-bond donors (Lipinski definition) is 0. The molecule has 1 heterocycles. The molecule has 1 aromatic heterocycles. The maximum Gasteiger partial charge on any atom is 0.0620 e. The standard InChI is InChI=1S/C44H29N/c1-4-14-30(15-5-1)31-24-26-34(27-25-31)45-43-37-22-12-10-20-35(37)39(32-16-6-2-7-17-32)28-41(43)42-29-40(33-18-8-3-9-19-33)36-21-11-13-23-38(36)44(42)45/h1-29H. The van der Waals surface area contributed by atoms with Crippen molar-refractivity contribution in [1.29, 1.82) is 0 Å². The van der Waals surface area contributed by atoms with Crippen LogP contribution in [-0.2, 0) is 0 Å². The van der Waals surface area contributed by atoms with E-state index in [1.165, 1.54) is 76.7 Å². The molecule has 0 fully saturated rings. The predicted octanol–water partition coefficient (Wildman–Crippen LogP) is 12.1. The number of benzene rings is 8. The minimum absolute atomic E-state index is 1.16. The fourth-order valence-electron chi connectivity index (χ4n) is 7.13. The lowest BCUT2D eigenvalue weighted by Crippen LogP contribution is -1.96. The Morgan fingerprint density at radius 2 is 0.622 bits per heavy atom. The van der Waals surface area contributed by atoms with Crippen LogP contribution >= 0.6 is 0 Å². The molecule has 210 valence electrons. The van der Waals surface area contributed by atoms with E-state index in [2.05, 4.69) is 180 Å². The predicted molar refractivity (Wildman–Crippen MR) is 192 cm³/mol. The Kier molecular flexibility index (Phi) is 5.89. The van der Waals surface area contributed by atoms with Crippen molar-refractivity contribution in [1.82, 2.24) is 4.57 Å². The largest absolute Gasteiger partial charge is 0.308 e. The molecular weight excluding hydrogens is 542 g/mol. The van der Waals surface area contributed by atoms with Gasteiger partial charge in [-0.2, -0.15) is 0 Å². The van der Waals surface area contributed by atoms with Crippen LogP contribution in [0.5, 0.6) is 0 Å². The molecule has 9 aromatic rings. The van der Waals surface area contributed by atoms with Crippen LogP contribution in [-0.4, -0.2) is 4.57 Å². The van der Waals surface area contributed by atoms with Gasteiger partial charge in [0.2, 0.25) is 0 Å². The van der Waals surface area contributed by atoms with Crippen LogP contribution in [0.25, 0.3) is 82.4 Å². The molecular formula is C44H29N. The first-order valence-corrected chi connectivity index (χ1v) is 15.5. The van der Waals surface area contributed by atoms with E-state index in [1.807, 2.05) is 0 Å². The summed E-state index contributed by atoms with van der Waals surface area (Å²) in [5.41, 5.74) is 11.0. The molecule has 0 saturated carbocycles. The molecule has 0 unspecified atom stereocenters. The lowest BCUT2D eigenvalue weighted by atomic mass is 9.93. The highest BCUT2D eigenvalue weighted by Crippen LogP contribution is 2.45. The Morgan fingerprint density at radius 1 is 0.267 bits per heavy atom. The fraction of sp³-hybridized carbons (Fsp3) is 0. The van der Waals surface area contributed by atoms with Crippen molar-refractivity contribution >= 4 is 43.4 Å². The molecule has 0 aliphatic rings. The van der Waals surface area contributed by atoms with Gasteiger partial charge in [-0.15, -0.1) is 0 Å². The molecule has 0 radical (unpaired) electrons. The zero-order valence-electron chi connectivity index (χ0n) is 24.7. The highest BCUT2D eigenvalue weighted by Gasteiger charge is 2.21. The zero-order valence-corrected chi connectivity index (χ0v) is 24.7. The Morgan fingerprint density at radius 3 is 1.07 bits per heavy atom. The summed E-state index contributed by atoms with van der Waals surface area (Å²) in [6.45, 7) is 0. The maximum absolute atomic E-state index is 2.51. The van der Waals surface area contributed by atoms with Crippen molar-refractivity contribution in [3.8, 4) is 39.1 Å². The molecule has 45 heavy (non-hydrogen) atoms. The van der Waals surface area contributed by atoms with Crippen LogP contribution in [0.15, 0.2) is 176 Å². The van der Waals surface area contributed by atoms with E-state index in [1.54, 1.807) is 0 Å². The lowest BCUT2D eigenvalue weighted by Gasteiger charge is -2.14. The molecule has 0 atom stereocenters. The van der Waals surface area contributed by atoms with Crippen LogP contribution in [0.4, 0.5) is 0 Å². The third-order valence-electron chi connectivity index (χ3n) is 9.17. The summed E-state index contributed by atoms with van der Waals surface area (Å²) < 4.78 is 2.51. The van der Waals surface area contributed by atoms with Gasteiger partial charge in [0.15, 0.2) is 0 Å². The summed E-state index contributed by atoms with van der Waals surface area (Å²) in [4.78, 5) is 0. The smallest absolute Gasteiger partial charge is 0.0620 e. The Labute approximate surface area is 262 Å². The van der Waals surface area contributed by atoms with Gasteiger partial charge < -0.3 is 4.57 Å². The van der Waals surface area contributed by atoms with Crippen molar-refractivity contribution < 1.29 is 0 Å². The molecule has 9 rings (SSSR count).